The summed E-state index contributed by atoms with van der Waals surface area (Å²) in [5.74, 6) is -1.95. The first kappa shape index (κ1) is 32.1. The van der Waals surface area contributed by atoms with Crippen molar-refractivity contribution in [2.45, 2.75) is 45.4 Å². The second-order valence-corrected chi connectivity index (χ2v) is 9.33. The lowest BCUT2D eigenvalue weighted by molar-refractivity contribution is -0.159. The molecule has 0 heterocycles. The molecule has 0 aliphatic carbocycles. The quantitative estimate of drug-likeness (QED) is 0.304. The lowest BCUT2D eigenvalue weighted by atomic mass is 9.69. The fourth-order valence-electron chi connectivity index (χ4n) is 4.11. The SMILES string of the molecule is COc1ccc(CCN(C)CCCC(C#N)(c2ccc(C(C)=O)cc2)C(C)C)cc1OC.O=C(O)C(=O)O. The predicted octanol–water partition coefficient (Wildman–Crippen LogP) is 4.43. The van der Waals surface area contributed by atoms with Crippen molar-refractivity contribution in [3.8, 4) is 17.6 Å². The zero-order valence-corrected chi connectivity index (χ0v) is 23.0. The number of likely N-dealkylation sites (N-methyl/N-ethyl adjacent to an activating group) is 1. The number of hydrogen-bond acceptors (Lipinski definition) is 7. The fourth-order valence-corrected chi connectivity index (χ4v) is 4.11. The highest BCUT2D eigenvalue weighted by molar-refractivity contribution is 6.27. The molecule has 0 spiro atoms. The number of rotatable bonds is 12. The van der Waals surface area contributed by atoms with Crippen LogP contribution in [-0.4, -0.2) is 67.2 Å². The number of carbonyl (C=O) groups is 3. The van der Waals surface area contributed by atoms with E-state index in [1.54, 1.807) is 21.1 Å². The van der Waals surface area contributed by atoms with Crippen LogP contribution in [0.1, 0.15) is 55.1 Å². The van der Waals surface area contributed by atoms with Crippen LogP contribution in [0.3, 0.4) is 0 Å². The standard InChI is InChI=1S/C27H36N2O3.C2H2O4/c1-20(2)27(19-28,24-11-9-23(10-12-24)21(3)30)15-7-16-29(4)17-14-22-8-13-25(31-5)26(18-22)32-6;3-1(4)2(5)6/h8-13,18,20H,7,14-17H2,1-6H3;(H,3,4)(H,5,6). The number of nitriles is 1. The van der Waals surface area contributed by atoms with Crippen molar-refractivity contribution >= 4 is 17.7 Å². The molecular formula is C29H38N2O7. The fraction of sp³-hybridized carbons (Fsp3) is 0.448. The third kappa shape index (κ3) is 9.20. The minimum absolute atomic E-state index is 0.0414. The van der Waals surface area contributed by atoms with Gasteiger partial charge in [-0.25, -0.2) is 9.59 Å². The minimum atomic E-state index is -1.82. The average molecular weight is 527 g/mol. The first-order valence-corrected chi connectivity index (χ1v) is 12.3. The summed E-state index contributed by atoms with van der Waals surface area (Å²) in [5.41, 5.74) is 2.32. The summed E-state index contributed by atoms with van der Waals surface area (Å²) in [6, 6.07) is 16.2. The highest BCUT2D eigenvalue weighted by atomic mass is 16.5. The maximum atomic E-state index is 11.6. The van der Waals surface area contributed by atoms with Gasteiger partial charge in [0.1, 0.15) is 0 Å². The van der Waals surface area contributed by atoms with Gasteiger partial charge in [-0.1, -0.05) is 44.2 Å². The maximum absolute atomic E-state index is 11.6. The molecule has 2 aromatic rings. The van der Waals surface area contributed by atoms with Crippen molar-refractivity contribution in [1.82, 2.24) is 4.90 Å². The van der Waals surface area contributed by atoms with Crippen molar-refractivity contribution < 1.29 is 34.1 Å². The van der Waals surface area contributed by atoms with Gasteiger partial charge in [0.05, 0.1) is 25.7 Å². The first-order valence-electron chi connectivity index (χ1n) is 12.3. The van der Waals surface area contributed by atoms with Gasteiger partial charge in [-0.3, -0.25) is 4.79 Å². The number of carboxylic acid groups (broad SMARTS) is 2. The van der Waals surface area contributed by atoms with Crippen LogP contribution in [0.15, 0.2) is 42.5 Å². The molecule has 9 nitrogen and oxygen atoms in total. The van der Waals surface area contributed by atoms with E-state index in [2.05, 4.69) is 37.9 Å². The van der Waals surface area contributed by atoms with E-state index in [0.717, 1.165) is 49.4 Å². The van der Waals surface area contributed by atoms with Crippen LogP contribution in [-0.2, 0) is 21.4 Å². The summed E-state index contributed by atoms with van der Waals surface area (Å²) in [4.78, 5) is 32.1. The Hall–Kier alpha value is -3.90. The van der Waals surface area contributed by atoms with Crippen LogP contribution >= 0.6 is 0 Å². The molecule has 0 saturated heterocycles. The Balaban J connectivity index is 0.00000107. The lowest BCUT2D eigenvalue weighted by Crippen LogP contribution is -2.32. The lowest BCUT2D eigenvalue weighted by Gasteiger charge is -2.32. The number of nitrogens with zero attached hydrogens (tertiary/aromatic N) is 2. The molecule has 38 heavy (non-hydrogen) atoms. The van der Waals surface area contributed by atoms with Crippen molar-refractivity contribution in [3.63, 3.8) is 0 Å². The van der Waals surface area contributed by atoms with Gasteiger partial charge in [-0.05, 0) is 69.0 Å². The van der Waals surface area contributed by atoms with Crippen molar-refractivity contribution in [2.75, 3.05) is 34.4 Å². The second kappa shape index (κ2) is 15.4. The number of carboxylic acids is 2. The van der Waals surface area contributed by atoms with Crippen molar-refractivity contribution in [3.05, 3.63) is 59.2 Å². The zero-order valence-electron chi connectivity index (χ0n) is 23.0. The molecule has 1 unspecified atom stereocenters. The second-order valence-electron chi connectivity index (χ2n) is 9.33. The summed E-state index contributed by atoms with van der Waals surface area (Å²) in [7, 11) is 5.41. The third-order valence-corrected chi connectivity index (χ3v) is 6.52. The highest BCUT2D eigenvalue weighted by Gasteiger charge is 2.35. The Morgan fingerprint density at radius 2 is 1.55 bits per heavy atom. The summed E-state index contributed by atoms with van der Waals surface area (Å²) in [5, 5.41) is 24.9. The monoisotopic (exact) mass is 526 g/mol. The molecule has 9 heteroatoms. The Morgan fingerprint density at radius 1 is 0.974 bits per heavy atom. The summed E-state index contributed by atoms with van der Waals surface area (Å²) < 4.78 is 10.7. The molecular weight excluding hydrogens is 488 g/mol. The maximum Gasteiger partial charge on any atom is 0.414 e. The number of aliphatic carboxylic acids is 2. The number of methoxy groups -OCH3 is 2. The first-order chi connectivity index (χ1) is 17.9. The molecule has 0 amide bonds. The van der Waals surface area contributed by atoms with Crippen molar-refractivity contribution in [2.24, 2.45) is 5.92 Å². The topological polar surface area (TPSA) is 137 Å². The van der Waals surface area contributed by atoms with Gasteiger partial charge in [0.2, 0.25) is 0 Å². The average Bonchev–Trinajstić information content (AvgIpc) is 2.90. The van der Waals surface area contributed by atoms with Crippen LogP contribution in [0.5, 0.6) is 11.5 Å². The zero-order chi connectivity index (χ0) is 28.9. The number of ether oxygens (including phenoxy) is 2. The minimum Gasteiger partial charge on any atom is -0.493 e. The van der Waals surface area contributed by atoms with Crippen LogP contribution in [0.4, 0.5) is 0 Å². The Morgan fingerprint density at radius 3 is 2.00 bits per heavy atom. The van der Waals surface area contributed by atoms with Gasteiger partial charge in [0.15, 0.2) is 17.3 Å². The van der Waals surface area contributed by atoms with Gasteiger partial charge in [0.25, 0.3) is 0 Å². The number of benzene rings is 2. The predicted molar refractivity (Wildman–Crippen MR) is 144 cm³/mol. The van der Waals surface area contributed by atoms with Crippen LogP contribution < -0.4 is 9.47 Å². The Kier molecular flexibility index (Phi) is 13.0. The van der Waals surface area contributed by atoms with Crippen LogP contribution in [0.2, 0.25) is 0 Å². The van der Waals surface area contributed by atoms with E-state index in [1.165, 1.54) is 5.56 Å². The van der Waals surface area contributed by atoms with E-state index in [4.69, 9.17) is 29.3 Å². The van der Waals surface area contributed by atoms with Crippen molar-refractivity contribution in [1.29, 1.82) is 5.26 Å². The van der Waals surface area contributed by atoms with Crippen LogP contribution in [0, 0.1) is 17.2 Å². The Labute approximate surface area is 224 Å². The largest absolute Gasteiger partial charge is 0.493 e. The van der Waals surface area contributed by atoms with Gasteiger partial charge in [-0.2, -0.15) is 5.26 Å². The number of ketones is 1. The smallest absolute Gasteiger partial charge is 0.414 e. The Bertz CT molecular complexity index is 1110. The molecule has 0 saturated carbocycles. The molecule has 0 bridgehead atoms. The van der Waals surface area contributed by atoms with E-state index in [1.807, 2.05) is 36.4 Å². The molecule has 0 aliphatic rings. The summed E-state index contributed by atoms with van der Waals surface area (Å²) in [6.45, 7) is 7.59. The van der Waals surface area contributed by atoms with E-state index in [9.17, 15) is 10.1 Å². The normalized spacial score (nSPS) is 12.1. The molecule has 206 valence electrons. The molecule has 2 rings (SSSR count). The van der Waals surface area contributed by atoms with Crippen LogP contribution in [0.25, 0.3) is 0 Å². The van der Waals surface area contributed by atoms with E-state index >= 15 is 0 Å². The summed E-state index contributed by atoms with van der Waals surface area (Å²) in [6.07, 6.45) is 2.61. The number of hydrogen-bond donors (Lipinski definition) is 2. The molecule has 0 radical (unpaired) electrons. The molecule has 2 aromatic carbocycles. The molecule has 0 aromatic heterocycles. The van der Waals surface area contributed by atoms with E-state index < -0.39 is 17.4 Å². The number of carbonyl (C=O) groups excluding carboxylic acids is 1. The number of Topliss-reactive ketones (excluding diaryl/α,β-unsaturated/α-hetero) is 1. The van der Waals surface area contributed by atoms with E-state index in [-0.39, 0.29) is 11.7 Å². The molecule has 1 atom stereocenters. The molecule has 0 fully saturated rings. The van der Waals surface area contributed by atoms with Gasteiger partial charge in [-0.15, -0.1) is 0 Å². The highest BCUT2D eigenvalue weighted by Crippen LogP contribution is 2.36. The van der Waals surface area contributed by atoms with Gasteiger partial charge < -0.3 is 24.6 Å². The van der Waals surface area contributed by atoms with E-state index in [0.29, 0.717) is 5.56 Å². The molecule has 0 aliphatic heterocycles. The molecule has 2 N–H and O–H groups in total. The third-order valence-electron chi connectivity index (χ3n) is 6.52. The van der Waals surface area contributed by atoms with Gasteiger partial charge >= 0.3 is 11.9 Å². The van der Waals surface area contributed by atoms with Gasteiger partial charge in [0, 0.05) is 12.1 Å². The summed E-state index contributed by atoms with van der Waals surface area (Å²) >= 11 is 0.